The van der Waals surface area contributed by atoms with Gasteiger partial charge in [0.1, 0.15) is 37.1 Å². The number of ether oxygens (including phenoxy) is 3. The zero-order valence-corrected chi connectivity index (χ0v) is 29.1. The lowest BCUT2D eigenvalue weighted by Crippen LogP contribution is -2.33. The number of amides is 1. The summed E-state index contributed by atoms with van der Waals surface area (Å²) in [5.41, 5.74) is -0.648. The predicted octanol–water partition coefficient (Wildman–Crippen LogP) is 1.81. The molecule has 1 unspecified atom stereocenters. The molecule has 4 heterocycles. The van der Waals surface area contributed by atoms with E-state index in [1.807, 2.05) is 0 Å². The van der Waals surface area contributed by atoms with Crippen molar-refractivity contribution in [2.75, 3.05) is 38.8 Å². The van der Waals surface area contributed by atoms with Crippen molar-refractivity contribution in [2.24, 2.45) is 0 Å². The van der Waals surface area contributed by atoms with Crippen LogP contribution in [0.25, 0.3) is 4.85 Å². The molecule has 2 aliphatic rings. The molecule has 17 nitrogen and oxygen atoms in total. The predicted molar refractivity (Wildman–Crippen MR) is 181 cm³/mol. The van der Waals surface area contributed by atoms with E-state index in [0.29, 0.717) is 11.1 Å². The van der Waals surface area contributed by atoms with E-state index in [2.05, 4.69) is 20.1 Å². The fraction of sp³-hybridized carbons (Fsp3) is 0.484. The summed E-state index contributed by atoms with van der Waals surface area (Å²) < 4.78 is 38.2. The molecular formula is C31H37N6O11PS. The number of anilines is 1. The Bertz CT molecular complexity index is 1950. The van der Waals surface area contributed by atoms with Crippen molar-refractivity contribution in [1.29, 1.82) is 0 Å². The minimum Gasteiger partial charge on any atom is -0.394 e. The topological polar surface area (TPSA) is 199 Å². The van der Waals surface area contributed by atoms with Crippen LogP contribution >= 0.6 is 6.72 Å². The van der Waals surface area contributed by atoms with Crippen molar-refractivity contribution in [1.82, 2.24) is 19.1 Å². The Morgan fingerprint density at radius 2 is 1.76 bits per heavy atom. The van der Waals surface area contributed by atoms with Gasteiger partial charge in [-0.2, -0.15) is 4.98 Å². The molecule has 5 rings (SSSR count). The molecule has 7 atom stereocenters. The highest BCUT2D eigenvalue weighted by molar-refractivity contribution is 8.07. The summed E-state index contributed by atoms with van der Waals surface area (Å²) in [7, 11) is 1.49. The van der Waals surface area contributed by atoms with Crippen LogP contribution < -0.4 is 22.3 Å². The second-order valence-corrected chi connectivity index (χ2v) is 14.5. The number of benzene rings is 1. The van der Waals surface area contributed by atoms with Gasteiger partial charge in [0.05, 0.1) is 25.4 Å². The first-order valence-corrected chi connectivity index (χ1v) is 18.1. The number of nitrogens with zero attached hydrogens (tertiary/aromatic N) is 4. The van der Waals surface area contributed by atoms with E-state index >= 15 is 0 Å². The fourth-order valence-electron chi connectivity index (χ4n) is 5.51. The number of aliphatic hydroxyl groups excluding tert-OH is 1. The molecule has 0 spiro atoms. The van der Waals surface area contributed by atoms with Gasteiger partial charge in [-0.15, -0.1) is 0 Å². The molecule has 50 heavy (non-hydrogen) atoms. The Morgan fingerprint density at radius 3 is 2.46 bits per heavy atom. The maximum Gasteiger partial charge on any atom is 0.351 e. The van der Waals surface area contributed by atoms with Crippen molar-refractivity contribution >= 4 is 30.3 Å². The van der Waals surface area contributed by atoms with E-state index in [1.54, 1.807) is 44.2 Å². The van der Waals surface area contributed by atoms with Gasteiger partial charge in [0, 0.05) is 49.0 Å². The molecule has 268 valence electrons. The van der Waals surface area contributed by atoms with Gasteiger partial charge >= 0.3 is 18.1 Å². The van der Waals surface area contributed by atoms with Crippen LogP contribution in [0.2, 0.25) is 0 Å². The average molecular weight is 733 g/mol. The molecule has 2 aliphatic heterocycles. The van der Waals surface area contributed by atoms with Crippen LogP contribution in [0.4, 0.5) is 5.82 Å². The molecule has 0 aliphatic carbocycles. The SMILES string of the molecule is [C-]#[N+]CCOP(=S)(OC[C@H]1O[C@@H](n2cc(C)c(NC(=O)c3ccccc3)nc2=O)C[C@H]1OC)O[C@@H]1C[C@H](n2cc(C)c(=O)[nH]c2=O)O[C@@H]1CO. The van der Waals surface area contributed by atoms with Crippen LogP contribution in [0, 0.1) is 20.4 Å². The lowest BCUT2D eigenvalue weighted by Gasteiger charge is -2.28. The number of hydrogen-bond acceptors (Lipinski definition) is 13. The van der Waals surface area contributed by atoms with Crippen LogP contribution in [0.3, 0.4) is 0 Å². The number of methoxy groups -OCH3 is 1. The number of hydrogen-bond donors (Lipinski definition) is 3. The summed E-state index contributed by atoms with van der Waals surface area (Å²) in [6.45, 7) is 5.93. The molecule has 2 aromatic heterocycles. The highest BCUT2D eigenvalue weighted by Crippen LogP contribution is 2.54. The van der Waals surface area contributed by atoms with E-state index < -0.39 is 73.0 Å². The smallest absolute Gasteiger partial charge is 0.351 e. The number of rotatable bonds is 14. The zero-order chi connectivity index (χ0) is 36.0. The van der Waals surface area contributed by atoms with Crippen LogP contribution in [-0.4, -0.2) is 88.0 Å². The van der Waals surface area contributed by atoms with E-state index in [1.165, 1.54) is 28.6 Å². The molecule has 0 radical (unpaired) electrons. The fourth-order valence-corrected chi connectivity index (χ4v) is 7.63. The lowest BCUT2D eigenvalue weighted by atomic mass is 10.2. The number of aliphatic hydroxyl groups is 1. The van der Waals surface area contributed by atoms with Crippen molar-refractivity contribution in [3.05, 3.63) is 102 Å². The zero-order valence-electron chi connectivity index (χ0n) is 27.4. The van der Waals surface area contributed by atoms with E-state index in [4.69, 9.17) is 46.2 Å². The number of carbonyl (C=O) groups is 1. The maximum atomic E-state index is 13.1. The Balaban J connectivity index is 1.28. The minimum atomic E-state index is -3.64. The monoisotopic (exact) mass is 732 g/mol. The summed E-state index contributed by atoms with van der Waals surface area (Å²) in [4.78, 5) is 59.7. The third-order valence-corrected chi connectivity index (χ3v) is 10.5. The Labute approximate surface area is 291 Å². The van der Waals surface area contributed by atoms with Gasteiger partial charge in [0.2, 0.25) is 6.54 Å². The number of carbonyl (C=O) groups excluding carboxylic acids is 1. The highest BCUT2D eigenvalue weighted by Gasteiger charge is 2.43. The second-order valence-electron chi connectivity index (χ2n) is 11.5. The number of aromatic amines is 1. The van der Waals surface area contributed by atoms with Crippen LogP contribution in [-0.2, 0) is 39.6 Å². The van der Waals surface area contributed by atoms with E-state index in [-0.39, 0.29) is 44.0 Å². The quantitative estimate of drug-likeness (QED) is 0.123. The molecule has 1 amide bonds. The van der Waals surface area contributed by atoms with Gasteiger partial charge in [-0.1, -0.05) is 18.2 Å². The normalized spacial score (nSPS) is 24.5. The summed E-state index contributed by atoms with van der Waals surface area (Å²) in [6, 6.07) is 8.54. The van der Waals surface area contributed by atoms with E-state index in [9.17, 15) is 24.3 Å². The molecule has 3 aromatic rings. The summed E-state index contributed by atoms with van der Waals surface area (Å²) in [5, 5.41) is 12.7. The number of nitrogens with one attached hydrogen (secondary N) is 2. The number of aromatic nitrogens is 4. The Hall–Kier alpha value is -3.89. The van der Waals surface area contributed by atoms with Gasteiger partial charge in [0.25, 0.3) is 11.5 Å². The molecule has 19 heteroatoms. The molecule has 2 saturated heterocycles. The summed E-state index contributed by atoms with van der Waals surface area (Å²) in [5.74, 6) is -0.287. The van der Waals surface area contributed by atoms with Crippen LogP contribution in [0.1, 0.15) is 46.8 Å². The molecular weight excluding hydrogens is 695 g/mol. The first-order chi connectivity index (χ1) is 23.9. The Kier molecular flexibility index (Phi) is 12.3. The highest BCUT2D eigenvalue weighted by atomic mass is 32.5. The Morgan fingerprint density at radius 1 is 1.08 bits per heavy atom. The van der Waals surface area contributed by atoms with Crippen molar-refractivity contribution in [3.63, 3.8) is 0 Å². The second kappa shape index (κ2) is 16.4. The van der Waals surface area contributed by atoms with Crippen molar-refractivity contribution < 1.29 is 37.7 Å². The number of aryl methyl sites for hydroxylation is 2. The maximum absolute atomic E-state index is 13.1. The van der Waals surface area contributed by atoms with Crippen LogP contribution in [0.5, 0.6) is 0 Å². The lowest BCUT2D eigenvalue weighted by molar-refractivity contribution is -0.0589. The van der Waals surface area contributed by atoms with Crippen LogP contribution in [0.15, 0.2) is 57.1 Å². The van der Waals surface area contributed by atoms with Crippen molar-refractivity contribution in [2.45, 2.75) is 63.6 Å². The molecule has 2 fully saturated rings. The van der Waals surface area contributed by atoms with Gasteiger partial charge in [0.15, 0.2) is 0 Å². The molecule has 3 N–H and O–H groups in total. The first-order valence-electron chi connectivity index (χ1n) is 15.6. The first kappa shape index (κ1) is 37.4. The standard InChI is InChI=1S/C31H37N6O11PS/c1-18-14-36(30(41)34-27(18)33-29(40)20-8-6-5-7-9-20)25-12-21(43-4)24(47-25)17-45-49(50,44-11-10-32-3)48-22-13-26(46-23(22)16-38)37-15-19(2)28(39)35-31(37)42/h5-9,14-15,21-26,38H,10-13,16-17H2,1-2,4H3,(H,35,39,42)(H,33,34,40,41)/t21-,22-,23-,24-,25-,26-,49?/m1/s1. The summed E-state index contributed by atoms with van der Waals surface area (Å²) >= 11 is 5.72. The molecule has 0 bridgehead atoms. The van der Waals surface area contributed by atoms with Gasteiger partial charge in [-0.3, -0.25) is 23.7 Å². The van der Waals surface area contributed by atoms with Gasteiger partial charge in [-0.05, 0) is 37.8 Å². The largest absolute Gasteiger partial charge is 0.394 e. The molecule has 0 saturated carbocycles. The third kappa shape index (κ3) is 8.69. The average Bonchev–Trinajstić information content (AvgIpc) is 3.71. The summed E-state index contributed by atoms with van der Waals surface area (Å²) in [6.07, 6.45) is -1.57. The number of H-pyrrole nitrogens is 1. The van der Waals surface area contributed by atoms with Gasteiger partial charge in [-0.25, -0.2) is 16.2 Å². The van der Waals surface area contributed by atoms with Crippen molar-refractivity contribution in [3.8, 4) is 0 Å². The van der Waals surface area contributed by atoms with E-state index in [0.717, 1.165) is 0 Å². The third-order valence-electron chi connectivity index (χ3n) is 8.13. The molecule has 1 aromatic carbocycles. The minimum absolute atomic E-state index is 0.0237. The van der Waals surface area contributed by atoms with Gasteiger partial charge < -0.3 is 43.1 Å².